The Morgan fingerprint density at radius 1 is 0.933 bits per heavy atom. The Bertz CT molecular complexity index is 1210. The van der Waals surface area contributed by atoms with E-state index in [1.54, 1.807) is 17.0 Å². The van der Waals surface area contributed by atoms with Crippen molar-refractivity contribution < 1.29 is 4.79 Å². The number of hydrogen-bond donors (Lipinski definition) is 0. The summed E-state index contributed by atoms with van der Waals surface area (Å²) < 4.78 is 0. The molecule has 2 unspecified atom stereocenters. The van der Waals surface area contributed by atoms with E-state index in [-0.39, 0.29) is 16.7 Å². The highest BCUT2D eigenvalue weighted by Gasteiger charge is 2.73. The molecule has 0 radical (unpaired) electrons. The van der Waals surface area contributed by atoms with Gasteiger partial charge in [0.05, 0.1) is 37.9 Å². The third kappa shape index (κ3) is 2.21. The minimum absolute atomic E-state index is 0.0647. The molecule has 1 saturated carbocycles. The van der Waals surface area contributed by atoms with Crippen molar-refractivity contribution in [3.05, 3.63) is 63.9 Å². The second-order valence-electron chi connectivity index (χ2n) is 9.24. The Balaban J connectivity index is 1.76. The van der Waals surface area contributed by atoms with Crippen LogP contribution in [0.5, 0.6) is 0 Å². The Kier molecular flexibility index (Phi) is 4.07. The molecule has 2 aliphatic carbocycles. The summed E-state index contributed by atoms with van der Waals surface area (Å²) >= 11 is 12.5. The Morgan fingerprint density at radius 3 is 2.10 bits per heavy atom. The van der Waals surface area contributed by atoms with Crippen LogP contribution < -0.4 is 4.90 Å². The predicted octanol–water partition coefficient (Wildman–Crippen LogP) is 5.93. The van der Waals surface area contributed by atoms with Crippen molar-refractivity contribution in [3.8, 4) is 0 Å². The number of nitrogens with zero attached hydrogens (tertiary/aromatic N) is 3. The van der Waals surface area contributed by atoms with E-state index in [4.69, 9.17) is 33.2 Å². The lowest BCUT2D eigenvalue weighted by molar-refractivity contribution is -0.127. The van der Waals surface area contributed by atoms with E-state index >= 15 is 0 Å². The first-order valence-corrected chi connectivity index (χ1v) is 10.9. The molecule has 30 heavy (non-hydrogen) atoms. The number of anilines is 1. The molecule has 0 N–H and O–H groups in total. The molecule has 2 aliphatic rings. The van der Waals surface area contributed by atoms with Crippen LogP contribution in [0.15, 0.2) is 42.5 Å². The standard InChI is InChI=1S/C24H23Cl2N3O/c1-22(2)23(3)10-11-24(22,21(30)29(4)14-8-6-5-7-9-14)20-19(23)27-17-12-15(25)16(26)13-18(17)28-20/h5-9,12-13H,10-11H2,1-4H3. The molecule has 5 rings (SSSR count). The van der Waals surface area contributed by atoms with E-state index in [9.17, 15) is 4.79 Å². The fraction of sp³-hybridized carbons (Fsp3) is 0.375. The quantitative estimate of drug-likeness (QED) is 0.496. The van der Waals surface area contributed by atoms with E-state index in [1.165, 1.54) is 0 Å². The molecule has 3 aromatic rings. The maximum atomic E-state index is 14.1. The second kappa shape index (κ2) is 6.18. The van der Waals surface area contributed by atoms with Crippen LogP contribution in [0.3, 0.4) is 0 Å². The number of carbonyl (C=O) groups excluding carboxylic acids is 1. The van der Waals surface area contributed by atoms with E-state index in [0.717, 1.165) is 29.9 Å². The largest absolute Gasteiger partial charge is 0.315 e. The van der Waals surface area contributed by atoms with Gasteiger partial charge in [0.25, 0.3) is 0 Å². The lowest BCUT2D eigenvalue weighted by Crippen LogP contribution is -2.52. The van der Waals surface area contributed by atoms with E-state index in [1.807, 2.05) is 37.4 Å². The monoisotopic (exact) mass is 439 g/mol. The van der Waals surface area contributed by atoms with Gasteiger partial charge in [0, 0.05) is 18.2 Å². The summed E-state index contributed by atoms with van der Waals surface area (Å²) in [7, 11) is 1.85. The van der Waals surface area contributed by atoms with Gasteiger partial charge in [-0.25, -0.2) is 9.97 Å². The number of fused-ring (bicyclic) bond motifs is 6. The first-order chi connectivity index (χ1) is 14.1. The van der Waals surface area contributed by atoms with Crippen LogP contribution in [0.4, 0.5) is 5.69 Å². The lowest BCUT2D eigenvalue weighted by Gasteiger charge is -2.41. The third-order valence-electron chi connectivity index (χ3n) is 7.89. The van der Waals surface area contributed by atoms with E-state index in [0.29, 0.717) is 21.1 Å². The molecule has 0 saturated heterocycles. The summed E-state index contributed by atoms with van der Waals surface area (Å²) in [6, 6.07) is 13.3. The number of rotatable bonds is 2. The highest BCUT2D eigenvalue weighted by atomic mass is 35.5. The van der Waals surface area contributed by atoms with Crippen molar-refractivity contribution in [1.29, 1.82) is 0 Å². The number of hydrogen-bond acceptors (Lipinski definition) is 3. The van der Waals surface area contributed by atoms with E-state index in [2.05, 4.69) is 20.8 Å². The van der Waals surface area contributed by atoms with Crippen LogP contribution in [0.1, 0.15) is 45.0 Å². The molecule has 1 heterocycles. The van der Waals surface area contributed by atoms with Crippen molar-refractivity contribution in [3.63, 3.8) is 0 Å². The van der Waals surface area contributed by atoms with Crippen molar-refractivity contribution in [2.45, 2.75) is 44.4 Å². The number of amides is 1. The lowest BCUT2D eigenvalue weighted by atomic mass is 9.63. The molecule has 0 spiro atoms. The predicted molar refractivity (Wildman–Crippen MR) is 121 cm³/mol. The zero-order valence-electron chi connectivity index (χ0n) is 17.5. The highest BCUT2D eigenvalue weighted by Crippen LogP contribution is 2.70. The molecular formula is C24H23Cl2N3O. The Labute approximate surface area is 186 Å². The summed E-state index contributed by atoms with van der Waals surface area (Å²) in [5.41, 5.74) is 2.64. The van der Waals surface area contributed by atoms with Crippen LogP contribution in [0.2, 0.25) is 10.0 Å². The average Bonchev–Trinajstić information content (AvgIpc) is 3.02. The number of halogens is 2. The molecule has 1 amide bonds. The van der Waals surface area contributed by atoms with Gasteiger partial charge in [0.2, 0.25) is 5.91 Å². The van der Waals surface area contributed by atoms with Crippen LogP contribution in [0, 0.1) is 5.41 Å². The Hall–Kier alpha value is -2.17. The number of benzene rings is 2. The van der Waals surface area contributed by atoms with Crippen molar-refractivity contribution in [1.82, 2.24) is 9.97 Å². The Morgan fingerprint density at radius 2 is 1.50 bits per heavy atom. The van der Waals surface area contributed by atoms with Gasteiger partial charge in [0.1, 0.15) is 0 Å². The van der Waals surface area contributed by atoms with Crippen molar-refractivity contribution >= 4 is 45.8 Å². The van der Waals surface area contributed by atoms with Crippen LogP contribution >= 0.6 is 23.2 Å². The molecule has 2 atom stereocenters. The van der Waals surface area contributed by atoms with Gasteiger partial charge < -0.3 is 4.90 Å². The fourth-order valence-electron chi connectivity index (χ4n) is 5.63. The van der Waals surface area contributed by atoms with Gasteiger partial charge in [-0.2, -0.15) is 0 Å². The van der Waals surface area contributed by atoms with Gasteiger partial charge in [-0.1, -0.05) is 62.2 Å². The fourth-order valence-corrected chi connectivity index (χ4v) is 5.94. The number of para-hydroxylation sites is 1. The topological polar surface area (TPSA) is 46.1 Å². The molecule has 1 fully saturated rings. The summed E-state index contributed by atoms with van der Waals surface area (Å²) in [6.07, 6.45) is 1.64. The first-order valence-electron chi connectivity index (χ1n) is 10.1. The summed E-state index contributed by atoms with van der Waals surface area (Å²) in [6.45, 7) is 6.59. The molecule has 0 aliphatic heterocycles. The number of likely N-dealkylation sites (N-methyl/N-ethyl adjacent to an activating group) is 1. The van der Waals surface area contributed by atoms with Gasteiger partial charge in [-0.05, 0) is 42.5 Å². The highest BCUT2D eigenvalue weighted by molar-refractivity contribution is 6.42. The summed E-state index contributed by atoms with van der Waals surface area (Å²) in [5.74, 6) is 0.0647. The minimum Gasteiger partial charge on any atom is -0.315 e. The van der Waals surface area contributed by atoms with Gasteiger partial charge in [-0.3, -0.25) is 4.79 Å². The molecule has 2 aromatic carbocycles. The molecule has 2 bridgehead atoms. The molecule has 154 valence electrons. The van der Waals surface area contributed by atoms with Crippen molar-refractivity contribution in [2.75, 3.05) is 11.9 Å². The van der Waals surface area contributed by atoms with Gasteiger partial charge >= 0.3 is 0 Å². The minimum atomic E-state index is -0.741. The van der Waals surface area contributed by atoms with Crippen LogP contribution in [-0.4, -0.2) is 22.9 Å². The first kappa shape index (κ1) is 19.8. The molecule has 4 nitrogen and oxygen atoms in total. The third-order valence-corrected chi connectivity index (χ3v) is 8.61. The second-order valence-corrected chi connectivity index (χ2v) is 10.1. The van der Waals surface area contributed by atoms with Gasteiger partial charge in [-0.15, -0.1) is 0 Å². The molecular weight excluding hydrogens is 417 g/mol. The number of carbonyl (C=O) groups is 1. The summed E-state index contributed by atoms with van der Waals surface area (Å²) in [4.78, 5) is 25.9. The SMILES string of the molecule is CN(C(=O)C12CCC(C)(c3nc4cc(Cl)c(Cl)cc4nc31)C2(C)C)c1ccccc1. The molecule has 6 heteroatoms. The number of aromatic nitrogens is 2. The van der Waals surface area contributed by atoms with E-state index < -0.39 is 5.41 Å². The van der Waals surface area contributed by atoms with Gasteiger partial charge in [0.15, 0.2) is 0 Å². The maximum Gasteiger partial charge on any atom is 0.239 e. The zero-order chi connectivity index (χ0) is 21.5. The molecule has 1 aromatic heterocycles. The smallest absolute Gasteiger partial charge is 0.239 e. The van der Waals surface area contributed by atoms with Crippen LogP contribution in [0.25, 0.3) is 11.0 Å². The summed E-state index contributed by atoms with van der Waals surface area (Å²) in [5, 5.41) is 0.898. The van der Waals surface area contributed by atoms with Crippen molar-refractivity contribution in [2.24, 2.45) is 5.41 Å². The average molecular weight is 440 g/mol. The van der Waals surface area contributed by atoms with Crippen LogP contribution in [-0.2, 0) is 15.6 Å². The zero-order valence-corrected chi connectivity index (χ0v) is 19.0. The maximum absolute atomic E-state index is 14.1. The normalized spacial score (nSPS) is 26.1.